The molecule has 0 fully saturated rings. The molecule has 0 amide bonds. The number of hydrogen-bond donors (Lipinski definition) is 0. The lowest BCUT2D eigenvalue weighted by atomic mass is 10.1. The highest BCUT2D eigenvalue weighted by Gasteiger charge is 1.92. The van der Waals surface area contributed by atoms with Crippen molar-refractivity contribution in [2.45, 2.75) is 54.4 Å². The molecule has 0 unspecified atom stereocenters. The summed E-state index contributed by atoms with van der Waals surface area (Å²) >= 11 is 0. The fourth-order valence-corrected chi connectivity index (χ4v) is 1.43. The summed E-state index contributed by atoms with van der Waals surface area (Å²) in [6, 6.07) is 21.1. The summed E-state index contributed by atoms with van der Waals surface area (Å²) in [7, 11) is 0. The Balaban J connectivity index is 0. The van der Waals surface area contributed by atoms with Crippen molar-refractivity contribution in [1.82, 2.24) is 0 Å². The Morgan fingerprint density at radius 3 is 1.05 bits per heavy atom. The standard InChI is InChI=1S/C13H12.C3H8.2C2H6/c1-3-7-12(8-4-1)11-13-9-5-2-6-10-13;1-3-2;2*1-2/h1-10H,11H2;3H2,1-2H3;2*1-2H3. The molecule has 0 bridgehead atoms. The Kier molecular flexibility index (Phi) is 18.1. The third-order valence-electron chi connectivity index (χ3n) is 2.09. The molecule has 0 heteroatoms. The average molecular weight is 272 g/mol. The van der Waals surface area contributed by atoms with Crippen molar-refractivity contribution in [3.8, 4) is 0 Å². The first-order valence-corrected chi connectivity index (χ1v) is 7.94. The molecule has 0 aliphatic carbocycles. The van der Waals surface area contributed by atoms with Crippen LogP contribution >= 0.6 is 0 Å². The number of hydrogen-bond acceptors (Lipinski definition) is 0. The van der Waals surface area contributed by atoms with Crippen molar-refractivity contribution in [1.29, 1.82) is 0 Å². The largest absolute Gasteiger partial charge is 0.0683 e. The van der Waals surface area contributed by atoms with E-state index in [1.54, 1.807) is 0 Å². The van der Waals surface area contributed by atoms with Gasteiger partial charge < -0.3 is 0 Å². The zero-order valence-electron chi connectivity index (χ0n) is 14.2. The fourth-order valence-electron chi connectivity index (χ4n) is 1.43. The van der Waals surface area contributed by atoms with Gasteiger partial charge in [-0.05, 0) is 17.5 Å². The molecule has 0 atom stereocenters. The predicted octanol–water partition coefficient (Wildman–Crippen LogP) is 6.75. The first-order chi connectivity index (χ1) is 9.86. The van der Waals surface area contributed by atoms with E-state index in [4.69, 9.17) is 0 Å². The quantitative estimate of drug-likeness (QED) is 0.567. The molecule has 112 valence electrons. The van der Waals surface area contributed by atoms with Gasteiger partial charge in [0.15, 0.2) is 0 Å². The Hall–Kier alpha value is -1.56. The second-order valence-corrected chi connectivity index (χ2v) is 3.86. The summed E-state index contributed by atoms with van der Waals surface area (Å²) in [5, 5.41) is 0. The summed E-state index contributed by atoms with van der Waals surface area (Å²) in [5.74, 6) is 0. The lowest BCUT2D eigenvalue weighted by molar-refractivity contribution is 1.09. The van der Waals surface area contributed by atoms with Crippen LogP contribution in [-0.4, -0.2) is 0 Å². The van der Waals surface area contributed by atoms with Crippen molar-refractivity contribution in [3.05, 3.63) is 71.8 Å². The summed E-state index contributed by atoms with van der Waals surface area (Å²) in [4.78, 5) is 0. The van der Waals surface area contributed by atoms with Gasteiger partial charge in [-0.15, -0.1) is 0 Å². The lowest BCUT2D eigenvalue weighted by Crippen LogP contribution is -1.85. The summed E-state index contributed by atoms with van der Waals surface area (Å²) < 4.78 is 0. The van der Waals surface area contributed by atoms with E-state index in [0.29, 0.717) is 0 Å². The highest BCUT2D eigenvalue weighted by molar-refractivity contribution is 5.25. The van der Waals surface area contributed by atoms with Crippen LogP contribution in [0.1, 0.15) is 59.1 Å². The van der Waals surface area contributed by atoms with Gasteiger partial charge in [0, 0.05) is 0 Å². The fraction of sp³-hybridized carbons (Fsp3) is 0.400. The monoisotopic (exact) mass is 272 g/mol. The van der Waals surface area contributed by atoms with Gasteiger partial charge in [-0.2, -0.15) is 0 Å². The second-order valence-electron chi connectivity index (χ2n) is 3.86. The van der Waals surface area contributed by atoms with Crippen molar-refractivity contribution >= 4 is 0 Å². The third-order valence-corrected chi connectivity index (χ3v) is 2.09. The lowest BCUT2D eigenvalue weighted by Gasteiger charge is -2.00. The minimum Gasteiger partial charge on any atom is -0.0683 e. The average Bonchev–Trinajstić information content (AvgIpc) is 2.54. The molecule has 0 spiro atoms. The van der Waals surface area contributed by atoms with E-state index in [1.807, 2.05) is 27.7 Å². The van der Waals surface area contributed by atoms with Crippen LogP contribution in [0.2, 0.25) is 0 Å². The van der Waals surface area contributed by atoms with E-state index < -0.39 is 0 Å². The summed E-state index contributed by atoms with van der Waals surface area (Å²) in [6.07, 6.45) is 2.28. The van der Waals surface area contributed by atoms with Gasteiger partial charge in [-0.1, -0.05) is 109 Å². The first kappa shape index (κ1) is 20.8. The molecule has 0 saturated heterocycles. The van der Waals surface area contributed by atoms with E-state index in [-0.39, 0.29) is 0 Å². The normalized spacial score (nSPS) is 7.90. The minimum absolute atomic E-state index is 1.03. The van der Waals surface area contributed by atoms with E-state index in [2.05, 4.69) is 74.5 Å². The molecular weight excluding hydrogens is 240 g/mol. The predicted molar refractivity (Wildman–Crippen MR) is 94.4 cm³/mol. The van der Waals surface area contributed by atoms with Crippen LogP contribution < -0.4 is 0 Å². The van der Waals surface area contributed by atoms with Crippen LogP contribution in [0, 0.1) is 0 Å². The highest BCUT2D eigenvalue weighted by atomic mass is 14.0. The SMILES string of the molecule is CC.CC.CCC.c1ccc(Cc2ccccc2)cc1. The van der Waals surface area contributed by atoms with Gasteiger partial charge in [0.2, 0.25) is 0 Å². The van der Waals surface area contributed by atoms with Crippen molar-refractivity contribution in [2.24, 2.45) is 0 Å². The van der Waals surface area contributed by atoms with Crippen LogP contribution in [0.25, 0.3) is 0 Å². The van der Waals surface area contributed by atoms with Gasteiger partial charge >= 0.3 is 0 Å². The minimum atomic E-state index is 1.03. The Morgan fingerprint density at radius 1 is 0.550 bits per heavy atom. The molecule has 0 aromatic heterocycles. The molecule has 0 radical (unpaired) electrons. The molecule has 0 N–H and O–H groups in total. The van der Waals surface area contributed by atoms with E-state index >= 15 is 0 Å². The van der Waals surface area contributed by atoms with Crippen LogP contribution in [0.5, 0.6) is 0 Å². The molecule has 0 aliphatic rings. The summed E-state index contributed by atoms with van der Waals surface area (Å²) in [5.41, 5.74) is 2.74. The first-order valence-electron chi connectivity index (χ1n) is 7.94. The van der Waals surface area contributed by atoms with Crippen molar-refractivity contribution < 1.29 is 0 Å². The van der Waals surface area contributed by atoms with Gasteiger partial charge in [-0.3, -0.25) is 0 Å². The van der Waals surface area contributed by atoms with E-state index in [1.165, 1.54) is 17.5 Å². The molecule has 2 aromatic carbocycles. The van der Waals surface area contributed by atoms with Crippen molar-refractivity contribution in [2.75, 3.05) is 0 Å². The Bertz CT molecular complexity index is 324. The maximum Gasteiger partial charge on any atom is -0.00258 e. The van der Waals surface area contributed by atoms with Crippen LogP contribution in [-0.2, 0) is 6.42 Å². The molecule has 0 nitrogen and oxygen atoms in total. The van der Waals surface area contributed by atoms with E-state index in [0.717, 1.165) is 6.42 Å². The second kappa shape index (κ2) is 17.4. The van der Waals surface area contributed by atoms with Gasteiger partial charge in [0.25, 0.3) is 0 Å². The van der Waals surface area contributed by atoms with Gasteiger partial charge in [-0.25, -0.2) is 0 Å². The smallest absolute Gasteiger partial charge is 0.00258 e. The van der Waals surface area contributed by atoms with Crippen LogP contribution in [0.15, 0.2) is 60.7 Å². The number of rotatable bonds is 2. The molecule has 0 aliphatic heterocycles. The molecule has 2 aromatic rings. The molecule has 0 saturated carbocycles. The molecule has 20 heavy (non-hydrogen) atoms. The summed E-state index contributed by atoms with van der Waals surface area (Å²) in [6.45, 7) is 12.2. The van der Waals surface area contributed by atoms with Crippen LogP contribution in [0.3, 0.4) is 0 Å². The Labute approximate surface area is 126 Å². The van der Waals surface area contributed by atoms with Gasteiger partial charge in [0.05, 0.1) is 0 Å². The topological polar surface area (TPSA) is 0 Å². The van der Waals surface area contributed by atoms with Crippen LogP contribution in [0.4, 0.5) is 0 Å². The third kappa shape index (κ3) is 11.5. The Morgan fingerprint density at radius 2 is 0.800 bits per heavy atom. The maximum absolute atomic E-state index is 2.16. The molecular formula is C20H32. The molecule has 2 rings (SSSR count). The molecule has 0 heterocycles. The maximum atomic E-state index is 2.16. The number of benzene rings is 2. The highest BCUT2D eigenvalue weighted by Crippen LogP contribution is 2.07. The van der Waals surface area contributed by atoms with Crippen molar-refractivity contribution in [3.63, 3.8) is 0 Å². The van der Waals surface area contributed by atoms with E-state index in [9.17, 15) is 0 Å². The zero-order valence-corrected chi connectivity index (χ0v) is 14.2. The zero-order chi connectivity index (χ0) is 15.6. The van der Waals surface area contributed by atoms with Gasteiger partial charge in [0.1, 0.15) is 0 Å².